The Balaban J connectivity index is 2.04. The van der Waals surface area contributed by atoms with Gasteiger partial charge in [-0.05, 0) is 25.0 Å². The van der Waals surface area contributed by atoms with Gasteiger partial charge in [0.05, 0.1) is 16.3 Å². The van der Waals surface area contributed by atoms with Gasteiger partial charge >= 0.3 is 5.97 Å². The monoisotopic (exact) mass is 263 g/mol. The average Bonchev–Trinajstić information content (AvgIpc) is 3.08. The van der Waals surface area contributed by atoms with Crippen molar-refractivity contribution in [3.63, 3.8) is 0 Å². The van der Waals surface area contributed by atoms with Crippen molar-refractivity contribution in [3.8, 4) is 5.82 Å². The first-order chi connectivity index (χ1) is 8.66. The second-order valence-electron chi connectivity index (χ2n) is 4.26. The smallest absolute Gasteiger partial charge is 0.337 e. The summed E-state index contributed by atoms with van der Waals surface area (Å²) in [7, 11) is 0. The molecule has 6 heteroatoms. The van der Waals surface area contributed by atoms with Gasteiger partial charge in [0.2, 0.25) is 0 Å². The van der Waals surface area contributed by atoms with E-state index in [1.54, 1.807) is 6.20 Å². The molecule has 0 radical (unpaired) electrons. The van der Waals surface area contributed by atoms with Crippen molar-refractivity contribution in [1.82, 2.24) is 14.8 Å². The molecule has 0 spiro atoms. The summed E-state index contributed by atoms with van der Waals surface area (Å²) in [5, 5.41) is 13.5. The van der Waals surface area contributed by atoms with E-state index >= 15 is 0 Å². The standard InChI is InChI=1S/C12H10ClN3O2/c13-10-8(12(17)18)3-5-14-11(10)16-6-4-9(15-16)7-1-2-7/h3-7H,1-2H2,(H,17,18). The van der Waals surface area contributed by atoms with Gasteiger partial charge in [-0.3, -0.25) is 0 Å². The van der Waals surface area contributed by atoms with E-state index in [0.717, 1.165) is 18.5 Å². The lowest BCUT2D eigenvalue weighted by Crippen LogP contribution is -2.05. The SMILES string of the molecule is O=C(O)c1ccnc(-n2ccc(C3CC3)n2)c1Cl. The highest BCUT2D eigenvalue weighted by Crippen LogP contribution is 2.39. The van der Waals surface area contributed by atoms with Crippen LogP contribution in [0.15, 0.2) is 24.5 Å². The molecule has 0 aromatic carbocycles. The number of hydrogen-bond acceptors (Lipinski definition) is 3. The van der Waals surface area contributed by atoms with Gasteiger partial charge in [-0.1, -0.05) is 11.6 Å². The maximum atomic E-state index is 11.0. The highest BCUT2D eigenvalue weighted by molar-refractivity contribution is 6.35. The van der Waals surface area contributed by atoms with E-state index in [0.29, 0.717) is 11.7 Å². The topological polar surface area (TPSA) is 68.0 Å². The average molecular weight is 264 g/mol. The van der Waals surface area contributed by atoms with E-state index in [-0.39, 0.29) is 10.6 Å². The second kappa shape index (κ2) is 4.10. The van der Waals surface area contributed by atoms with Crippen molar-refractivity contribution < 1.29 is 9.90 Å². The fourth-order valence-electron chi connectivity index (χ4n) is 1.81. The quantitative estimate of drug-likeness (QED) is 0.924. The minimum Gasteiger partial charge on any atom is -0.478 e. The minimum absolute atomic E-state index is 0.0325. The van der Waals surface area contributed by atoms with Crippen molar-refractivity contribution in [2.24, 2.45) is 0 Å². The van der Waals surface area contributed by atoms with E-state index in [1.807, 2.05) is 6.07 Å². The first-order valence-electron chi connectivity index (χ1n) is 5.60. The zero-order valence-corrected chi connectivity index (χ0v) is 10.1. The van der Waals surface area contributed by atoms with Gasteiger partial charge in [-0.15, -0.1) is 0 Å². The predicted molar refractivity (Wildman–Crippen MR) is 65.3 cm³/mol. The second-order valence-corrected chi connectivity index (χ2v) is 4.64. The van der Waals surface area contributed by atoms with Crippen molar-refractivity contribution in [2.45, 2.75) is 18.8 Å². The number of hydrogen-bond donors (Lipinski definition) is 1. The first-order valence-corrected chi connectivity index (χ1v) is 5.98. The third kappa shape index (κ3) is 1.86. The number of halogens is 1. The summed E-state index contributed by atoms with van der Waals surface area (Å²) in [5.74, 6) is -0.186. The molecule has 2 aromatic rings. The van der Waals surface area contributed by atoms with E-state index in [1.165, 1.54) is 16.9 Å². The summed E-state index contributed by atoms with van der Waals surface area (Å²) in [6.07, 6.45) is 5.50. The number of nitrogens with zero attached hydrogens (tertiary/aromatic N) is 3. The van der Waals surface area contributed by atoms with Crippen LogP contribution in [0, 0.1) is 0 Å². The molecule has 0 bridgehead atoms. The maximum absolute atomic E-state index is 11.0. The number of rotatable bonds is 3. The molecule has 92 valence electrons. The van der Waals surface area contributed by atoms with Crippen LogP contribution in [0.2, 0.25) is 5.02 Å². The fourth-order valence-corrected chi connectivity index (χ4v) is 2.09. The van der Waals surface area contributed by atoms with Crippen molar-refractivity contribution in [1.29, 1.82) is 0 Å². The van der Waals surface area contributed by atoms with E-state index in [2.05, 4.69) is 10.1 Å². The molecule has 1 aliphatic carbocycles. The molecule has 3 rings (SSSR count). The van der Waals surface area contributed by atoms with Crippen LogP contribution in [0.3, 0.4) is 0 Å². The molecule has 2 heterocycles. The molecule has 0 saturated heterocycles. The van der Waals surface area contributed by atoms with Gasteiger partial charge in [-0.2, -0.15) is 5.10 Å². The van der Waals surface area contributed by atoms with Crippen LogP contribution in [0.1, 0.15) is 34.8 Å². The van der Waals surface area contributed by atoms with Crippen LogP contribution in [-0.4, -0.2) is 25.8 Å². The number of pyridine rings is 1. The summed E-state index contributed by atoms with van der Waals surface area (Å²) >= 11 is 6.04. The Hall–Kier alpha value is -1.88. The molecule has 0 atom stereocenters. The van der Waals surface area contributed by atoms with Gasteiger partial charge in [0.1, 0.15) is 0 Å². The third-order valence-electron chi connectivity index (χ3n) is 2.92. The Morgan fingerprint density at radius 2 is 2.22 bits per heavy atom. The van der Waals surface area contributed by atoms with E-state index < -0.39 is 5.97 Å². The normalized spacial score (nSPS) is 14.7. The molecule has 1 N–H and O–H groups in total. The number of carbonyl (C=O) groups is 1. The number of carboxylic acid groups (broad SMARTS) is 1. The predicted octanol–water partition coefficient (Wildman–Crippen LogP) is 2.50. The zero-order chi connectivity index (χ0) is 12.7. The summed E-state index contributed by atoms with van der Waals surface area (Å²) in [4.78, 5) is 15.1. The fraction of sp³-hybridized carbons (Fsp3) is 0.250. The van der Waals surface area contributed by atoms with E-state index in [9.17, 15) is 4.79 Å². The maximum Gasteiger partial charge on any atom is 0.337 e. The lowest BCUT2D eigenvalue weighted by molar-refractivity contribution is 0.0697. The van der Waals surface area contributed by atoms with Crippen LogP contribution in [0.5, 0.6) is 0 Å². The van der Waals surface area contributed by atoms with Gasteiger partial charge in [0.15, 0.2) is 5.82 Å². The molecule has 1 fully saturated rings. The van der Waals surface area contributed by atoms with Gasteiger partial charge in [-0.25, -0.2) is 14.5 Å². The molecule has 1 aliphatic rings. The summed E-state index contributed by atoms with van der Waals surface area (Å²) in [6, 6.07) is 3.29. The van der Waals surface area contributed by atoms with Crippen LogP contribution < -0.4 is 0 Å². The summed E-state index contributed by atoms with van der Waals surface area (Å²) in [6.45, 7) is 0. The molecule has 18 heavy (non-hydrogen) atoms. The lowest BCUT2D eigenvalue weighted by Gasteiger charge is -2.05. The minimum atomic E-state index is -1.07. The van der Waals surface area contributed by atoms with Crippen molar-refractivity contribution in [3.05, 3.63) is 40.8 Å². The molecular formula is C12H10ClN3O2. The number of aromatic nitrogens is 3. The van der Waals surface area contributed by atoms with Crippen molar-refractivity contribution in [2.75, 3.05) is 0 Å². The van der Waals surface area contributed by atoms with Crippen molar-refractivity contribution >= 4 is 17.6 Å². The third-order valence-corrected chi connectivity index (χ3v) is 3.30. The highest BCUT2D eigenvalue weighted by atomic mass is 35.5. The molecule has 2 aromatic heterocycles. The van der Waals surface area contributed by atoms with E-state index in [4.69, 9.17) is 16.7 Å². The van der Waals surface area contributed by atoms with Gasteiger partial charge < -0.3 is 5.11 Å². The van der Waals surface area contributed by atoms with Crippen LogP contribution in [0.25, 0.3) is 5.82 Å². The van der Waals surface area contributed by atoms with Gasteiger partial charge in [0, 0.05) is 18.3 Å². The molecule has 0 unspecified atom stereocenters. The lowest BCUT2D eigenvalue weighted by atomic mass is 10.2. The van der Waals surface area contributed by atoms with Gasteiger partial charge in [0.25, 0.3) is 0 Å². The Morgan fingerprint density at radius 3 is 2.89 bits per heavy atom. The first kappa shape index (κ1) is 11.2. The molecular weight excluding hydrogens is 254 g/mol. The Labute approximate surface area is 108 Å². The number of carboxylic acids is 1. The largest absolute Gasteiger partial charge is 0.478 e. The molecule has 1 saturated carbocycles. The molecule has 0 amide bonds. The Kier molecular flexibility index (Phi) is 2.56. The molecule has 5 nitrogen and oxygen atoms in total. The highest BCUT2D eigenvalue weighted by Gasteiger charge is 2.26. The van der Waals surface area contributed by atoms with Crippen LogP contribution >= 0.6 is 11.6 Å². The zero-order valence-electron chi connectivity index (χ0n) is 9.38. The molecule has 0 aliphatic heterocycles. The summed E-state index contributed by atoms with van der Waals surface area (Å²) < 4.78 is 1.53. The Bertz CT molecular complexity index is 620. The van der Waals surface area contributed by atoms with Crippen LogP contribution in [0.4, 0.5) is 0 Å². The number of aromatic carboxylic acids is 1. The summed E-state index contributed by atoms with van der Waals surface area (Å²) in [5.41, 5.74) is 1.04. The van der Waals surface area contributed by atoms with Crippen LogP contribution in [-0.2, 0) is 0 Å². The Morgan fingerprint density at radius 1 is 1.44 bits per heavy atom.